The van der Waals surface area contributed by atoms with Crippen LogP contribution in [0.25, 0.3) is 0 Å². The van der Waals surface area contributed by atoms with Gasteiger partial charge in [-0.25, -0.2) is 0 Å². The lowest BCUT2D eigenvalue weighted by molar-refractivity contribution is 0.405. The molecular weight excluding hydrogens is 278 g/mol. The molecule has 2 aromatic rings. The number of hydrogen-bond donors (Lipinski definition) is 1. The van der Waals surface area contributed by atoms with Gasteiger partial charge in [-0.15, -0.1) is 22.0 Å². The number of nitrogens with zero attached hydrogens (tertiary/aromatic N) is 2. The average molecular weight is 288 g/mol. The third kappa shape index (κ3) is 3.24. The molecule has 0 aliphatic carbocycles. The number of anilines is 1. The number of ether oxygens (including phenoxy) is 1. The SMILES string of the molecule is COc1cc(N)ccc1SCc1nnc(Cl)s1. The van der Waals surface area contributed by atoms with Crippen LogP contribution < -0.4 is 10.5 Å². The Balaban J connectivity index is 2.08. The normalized spacial score (nSPS) is 10.5. The van der Waals surface area contributed by atoms with Gasteiger partial charge in [0.15, 0.2) is 0 Å². The lowest BCUT2D eigenvalue weighted by Crippen LogP contribution is -1.90. The highest BCUT2D eigenvalue weighted by Crippen LogP contribution is 2.33. The minimum absolute atomic E-state index is 0.463. The fraction of sp³-hybridized carbons (Fsp3) is 0.200. The summed E-state index contributed by atoms with van der Waals surface area (Å²) in [5, 5.41) is 8.60. The van der Waals surface area contributed by atoms with Crippen LogP contribution in [0.1, 0.15) is 5.01 Å². The van der Waals surface area contributed by atoms with Gasteiger partial charge in [0.1, 0.15) is 10.8 Å². The van der Waals surface area contributed by atoms with Crippen molar-refractivity contribution in [2.24, 2.45) is 0 Å². The van der Waals surface area contributed by atoms with E-state index in [9.17, 15) is 0 Å². The van der Waals surface area contributed by atoms with Crippen LogP contribution in [0.4, 0.5) is 5.69 Å². The number of thioether (sulfide) groups is 1. The van der Waals surface area contributed by atoms with Crippen molar-refractivity contribution in [1.82, 2.24) is 10.2 Å². The molecule has 1 aromatic heterocycles. The van der Waals surface area contributed by atoms with E-state index in [0.29, 0.717) is 15.9 Å². The van der Waals surface area contributed by atoms with Crippen molar-refractivity contribution < 1.29 is 4.74 Å². The maximum atomic E-state index is 5.72. The van der Waals surface area contributed by atoms with Crippen molar-refractivity contribution in [3.63, 3.8) is 0 Å². The van der Waals surface area contributed by atoms with Crippen molar-refractivity contribution in [3.8, 4) is 5.75 Å². The summed E-state index contributed by atoms with van der Waals surface area (Å²) in [5.74, 6) is 1.48. The minimum Gasteiger partial charge on any atom is -0.496 e. The smallest absolute Gasteiger partial charge is 0.207 e. The van der Waals surface area contributed by atoms with Crippen molar-refractivity contribution in [2.45, 2.75) is 10.6 Å². The lowest BCUT2D eigenvalue weighted by Gasteiger charge is -2.07. The highest BCUT2D eigenvalue weighted by atomic mass is 35.5. The second-order valence-corrected chi connectivity index (χ2v) is 5.81. The number of methoxy groups -OCH3 is 1. The number of halogens is 1. The van der Waals surface area contributed by atoms with E-state index in [1.807, 2.05) is 12.1 Å². The van der Waals surface area contributed by atoms with E-state index >= 15 is 0 Å². The van der Waals surface area contributed by atoms with Gasteiger partial charge in [-0.3, -0.25) is 0 Å². The Morgan fingerprint density at radius 3 is 2.94 bits per heavy atom. The van der Waals surface area contributed by atoms with Crippen molar-refractivity contribution in [2.75, 3.05) is 12.8 Å². The van der Waals surface area contributed by atoms with E-state index < -0.39 is 0 Å². The van der Waals surface area contributed by atoms with E-state index in [2.05, 4.69) is 10.2 Å². The van der Waals surface area contributed by atoms with Gasteiger partial charge < -0.3 is 10.5 Å². The standard InChI is InChI=1S/C10H10ClN3OS2/c1-15-7-4-6(12)2-3-8(7)16-5-9-13-14-10(11)17-9/h2-4H,5,12H2,1H3. The van der Waals surface area contributed by atoms with Crippen LogP contribution in [0, 0.1) is 0 Å². The maximum absolute atomic E-state index is 5.72. The Kier molecular flexibility index (Phi) is 4.09. The quantitative estimate of drug-likeness (QED) is 0.692. The van der Waals surface area contributed by atoms with E-state index in [-0.39, 0.29) is 0 Å². The molecule has 0 saturated heterocycles. The van der Waals surface area contributed by atoms with E-state index in [0.717, 1.165) is 15.7 Å². The molecule has 1 heterocycles. The number of aromatic nitrogens is 2. The van der Waals surface area contributed by atoms with Gasteiger partial charge in [0.25, 0.3) is 0 Å². The maximum Gasteiger partial charge on any atom is 0.207 e. The Morgan fingerprint density at radius 1 is 1.47 bits per heavy atom. The summed E-state index contributed by atoms with van der Waals surface area (Å²) in [5.41, 5.74) is 6.37. The topological polar surface area (TPSA) is 61.0 Å². The van der Waals surface area contributed by atoms with Crippen LogP contribution >= 0.6 is 34.7 Å². The molecule has 1 aromatic carbocycles. The summed E-state index contributed by atoms with van der Waals surface area (Å²) in [7, 11) is 1.63. The highest BCUT2D eigenvalue weighted by molar-refractivity contribution is 7.98. The summed E-state index contributed by atoms with van der Waals surface area (Å²) in [6.45, 7) is 0. The molecule has 0 bridgehead atoms. The molecule has 0 radical (unpaired) electrons. The third-order valence-electron chi connectivity index (χ3n) is 1.98. The summed E-state index contributed by atoms with van der Waals surface area (Å²) >= 11 is 8.71. The fourth-order valence-electron chi connectivity index (χ4n) is 1.23. The predicted molar refractivity (Wildman–Crippen MR) is 71.9 cm³/mol. The number of nitrogens with two attached hydrogens (primary N) is 1. The molecule has 17 heavy (non-hydrogen) atoms. The molecule has 4 nitrogen and oxygen atoms in total. The van der Waals surface area contributed by atoms with Crippen LogP contribution in [-0.2, 0) is 5.75 Å². The first-order valence-corrected chi connectivity index (χ1v) is 6.91. The molecule has 0 aliphatic heterocycles. The lowest BCUT2D eigenvalue weighted by atomic mass is 10.3. The Bertz CT molecular complexity index is 518. The molecule has 0 spiro atoms. The zero-order chi connectivity index (χ0) is 12.3. The molecule has 0 fully saturated rings. The van der Waals surface area contributed by atoms with Gasteiger partial charge in [0.2, 0.25) is 4.47 Å². The summed E-state index contributed by atoms with van der Waals surface area (Å²) in [4.78, 5) is 1.02. The van der Waals surface area contributed by atoms with Gasteiger partial charge in [-0.2, -0.15) is 0 Å². The van der Waals surface area contributed by atoms with Crippen LogP contribution in [0.2, 0.25) is 4.47 Å². The summed E-state index contributed by atoms with van der Waals surface area (Å²) < 4.78 is 5.72. The van der Waals surface area contributed by atoms with E-state index in [4.69, 9.17) is 22.1 Å². The van der Waals surface area contributed by atoms with Gasteiger partial charge in [0.05, 0.1) is 12.9 Å². The molecule has 90 valence electrons. The Labute approximate surface area is 112 Å². The van der Waals surface area contributed by atoms with Crippen molar-refractivity contribution >= 4 is 40.4 Å². The predicted octanol–water partition coefficient (Wildman–Crippen LogP) is 3.07. The van der Waals surface area contributed by atoms with E-state index in [1.54, 1.807) is 24.9 Å². The molecule has 0 atom stereocenters. The van der Waals surface area contributed by atoms with Crippen LogP contribution in [0.5, 0.6) is 5.75 Å². The van der Waals surface area contributed by atoms with Crippen molar-refractivity contribution in [3.05, 3.63) is 27.7 Å². The molecule has 7 heteroatoms. The first-order valence-electron chi connectivity index (χ1n) is 4.73. The zero-order valence-corrected chi connectivity index (χ0v) is 11.4. The fourth-order valence-corrected chi connectivity index (χ4v) is 3.10. The Morgan fingerprint density at radius 2 is 2.29 bits per heavy atom. The Hall–Kier alpha value is -0.980. The highest BCUT2D eigenvalue weighted by Gasteiger charge is 2.07. The number of hydrogen-bond acceptors (Lipinski definition) is 6. The van der Waals surface area contributed by atoms with Crippen LogP contribution in [-0.4, -0.2) is 17.3 Å². The molecule has 0 saturated carbocycles. The monoisotopic (exact) mass is 287 g/mol. The summed E-state index contributed by atoms with van der Waals surface area (Å²) in [6.07, 6.45) is 0. The van der Waals surface area contributed by atoms with Crippen molar-refractivity contribution in [1.29, 1.82) is 0 Å². The van der Waals surface area contributed by atoms with Crippen LogP contribution in [0.15, 0.2) is 23.1 Å². The molecular formula is C10H10ClN3OS2. The van der Waals surface area contributed by atoms with E-state index in [1.165, 1.54) is 11.3 Å². The van der Waals surface area contributed by atoms with Gasteiger partial charge >= 0.3 is 0 Å². The largest absolute Gasteiger partial charge is 0.496 e. The molecule has 0 unspecified atom stereocenters. The number of nitrogen functional groups attached to an aromatic ring is 1. The number of benzene rings is 1. The first-order chi connectivity index (χ1) is 8.19. The molecule has 0 aliphatic rings. The second-order valence-electron chi connectivity index (χ2n) is 3.15. The molecule has 0 amide bonds. The molecule has 2 rings (SSSR count). The zero-order valence-electron chi connectivity index (χ0n) is 9.01. The van der Waals surface area contributed by atoms with Gasteiger partial charge in [-0.1, -0.05) is 11.3 Å². The van der Waals surface area contributed by atoms with Crippen LogP contribution in [0.3, 0.4) is 0 Å². The third-order valence-corrected chi connectivity index (χ3v) is 4.25. The summed E-state index contributed by atoms with van der Waals surface area (Å²) in [6, 6.07) is 5.58. The minimum atomic E-state index is 0.463. The second kappa shape index (κ2) is 5.57. The number of rotatable bonds is 4. The van der Waals surface area contributed by atoms with Gasteiger partial charge in [-0.05, 0) is 23.7 Å². The van der Waals surface area contributed by atoms with Gasteiger partial charge in [0, 0.05) is 16.6 Å². The average Bonchev–Trinajstić information content (AvgIpc) is 2.73. The molecule has 2 N–H and O–H groups in total. The first kappa shape index (κ1) is 12.5.